The summed E-state index contributed by atoms with van der Waals surface area (Å²) in [5.41, 5.74) is 4.34. The first-order chi connectivity index (χ1) is 14.4. The lowest BCUT2D eigenvalue weighted by Crippen LogP contribution is -2.35. The maximum atomic E-state index is 12.4. The van der Waals surface area contributed by atoms with Crippen molar-refractivity contribution >= 4 is 27.5 Å². The van der Waals surface area contributed by atoms with Crippen LogP contribution in [-0.4, -0.2) is 38.0 Å². The van der Waals surface area contributed by atoms with Crippen LogP contribution in [0.4, 0.5) is 4.79 Å². The zero-order valence-electron chi connectivity index (χ0n) is 18.8. The topological polar surface area (TPSA) is 94.6 Å². The van der Waals surface area contributed by atoms with Crippen molar-refractivity contribution in [2.45, 2.75) is 65.0 Å². The zero-order valence-corrected chi connectivity index (χ0v) is 20.4. The number of unbranched alkanes of at least 4 members (excludes halogenated alkanes) is 2. The molecule has 0 fully saturated rings. The van der Waals surface area contributed by atoms with Crippen molar-refractivity contribution in [3.05, 3.63) is 41.0 Å². The number of hydrogen-bond acceptors (Lipinski definition) is 7. The number of nitrogens with one attached hydrogen (secondary N) is 1. The molecule has 0 aliphatic heterocycles. The highest BCUT2D eigenvalue weighted by Gasteiger charge is 2.20. The molecule has 0 saturated heterocycles. The molecule has 1 amide bonds. The first kappa shape index (κ1) is 25.3. The van der Waals surface area contributed by atoms with Crippen LogP contribution in [0.5, 0.6) is 0 Å². The molecule has 2 rings (SSSR count). The van der Waals surface area contributed by atoms with Gasteiger partial charge in [-0.05, 0) is 51.7 Å². The number of rotatable bonds is 10. The van der Waals surface area contributed by atoms with Crippen LogP contribution in [0.15, 0.2) is 29.8 Å². The van der Waals surface area contributed by atoms with E-state index in [0.29, 0.717) is 12.8 Å². The van der Waals surface area contributed by atoms with Crippen molar-refractivity contribution in [1.29, 1.82) is 0 Å². The maximum Gasteiger partial charge on any atom is 0.408 e. The van der Waals surface area contributed by atoms with Gasteiger partial charge in [-0.3, -0.25) is 4.18 Å². The molecule has 1 aromatic heterocycles. The molecule has 1 aromatic carbocycles. The number of aromatic nitrogens is 1. The molecule has 0 aliphatic carbocycles. The third-order valence-electron chi connectivity index (χ3n) is 4.45. The normalized spacial score (nSPS) is 13.1. The molecule has 1 heterocycles. The van der Waals surface area contributed by atoms with Gasteiger partial charge in [0.05, 0.1) is 35.0 Å². The lowest BCUT2D eigenvalue weighted by atomic mass is 9.99. The highest BCUT2D eigenvalue weighted by Crippen LogP contribution is 2.29. The van der Waals surface area contributed by atoms with Crippen molar-refractivity contribution in [2.24, 2.45) is 0 Å². The Morgan fingerprint density at radius 1 is 1.16 bits per heavy atom. The molecule has 2 aromatic rings. The Bertz CT molecular complexity index is 947. The van der Waals surface area contributed by atoms with Gasteiger partial charge in [0.15, 0.2) is 0 Å². The van der Waals surface area contributed by atoms with Gasteiger partial charge in [-0.15, -0.1) is 11.3 Å². The molecule has 0 aliphatic rings. The monoisotopic (exact) mass is 468 g/mol. The fourth-order valence-corrected chi connectivity index (χ4v) is 4.29. The number of alkyl carbamates (subject to hydrolysis) is 1. The van der Waals surface area contributed by atoms with Gasteiger partial charge in [0, 0.05) is 0 Å². The molecule has 0 radical (unpaired) electrons. The van der Waals surface area contributed by atoms with Crippen LogP contribution in [0.2, 0.25) is 0 Å². The largest absolute Gasteiger partial charge is 0.444 e. The van der Waals surface area contributed by atoms with Gasteiger partial charge in [0.25, 0.3) is 10.1 Å². The van der Waals surface area contributed by atoms with Gasteiger partial charge >= 0.3 is 6.09 Å². The van der Waals surface area contributed by atoms with Crippen molar-refractivity contribution in [3.8, 4) is 10.4 Å². The van der Waals surface area contributed by atoms with E-state index in [0.717, 1.165) is 40.8 Å². The van der Waals surface area contributed by atoms with Gasteiger partial charge in [-0.1, -0.05) is 37.1 Å². The van der Waals surface area contributed by atoms with E-state index in [1.54, 1.807) is 11.3 Å². The number of thiazole rings is 1. The summed E-state index contributed by atoms with van der Waals surface area (Å²) in [7, 11) is -3.41. The molecule has 0 bridgehead atoms. The Morgan fingerprint density at radius 3 is 2.39 bits per heavy atom. The van der Waals surface area contributed by atoms with Crippen molar-refractivity contribution in [3.63, 3.8) is 0 Å². The minimum atomic E-state index is -3.41. The summed E-state index contributed by atoms with van der Waals surface area (Å²) in [6.07, 6.45) is 3.53. The SMILES string of the molecule is Cc1ncsc1-c1ccc([C@H](CCCCCOS(C)(=O)=O)NC(=O)OC(C)(C)C)cc1. The highest BCUT2D eigenvalue weighted by atomic mass is 32.2. The van der Waals surface area contributed by atoms with E-state index < -0.39 is 21.8 Å². The van der Waals surface area contributed by atoms with E-state index >= 15 is 0 Å². The summed E-state index contributed by atoms with van der Waals surface area (Å²) >= 11 is 1.60. The second-order valence-electron chi connectivity index (χ2n) is 8.46. The molecule has 31 heavy (non-hydrogen) atoms. The van der Waals surface area contributed by atoms with Crippen molar-refractivity contribution in [1.82, 2.24) is 10.3 Å². The number of aryl methyl sites for hydroxylation is 1. The summed E-state index contributed by atoms with van der Waals surface area (Å²) in [4.78, 5) is 17.8. The highest BCUT2D eigenvalue weighted by molar-refractivity contribution is 7.85. The third-order valence-corrected chi connectivity index (χ3v) is 6.02. The molecule has 0 spiro atoms. The predicted molar refractivity (Wildman–Crippen MR) is 124 cm³/mol. The number of nitrogens with zero attached hydrogens (tertiary/aromatic N) is 1. The van der Waals surface area contributed by atoms with E-state index in [1.165, 1.54) is 0 Å². The number of carbonyl (C=O) groups excluding carboxylic acids is 1. The molecular formula is C22H32N2O5S2. The minimum Gasteiger partial charge on any atom is -0.444 e. The average Bonchev–Trinajstić information content (AvgIpc) is 3.07. The van der Waals surface area contributed by atoms with E-state index in [1.807, 2.05) is 57.5 Å². The molecule has 0 unspecified atom stereocenters. The Hall–Kier alpha value is -1.97. The van der Waals surface area contributed by atoms with E-state index in [-0.39, 0.29) is 12.6 Å². The molecule has 172 valence electrons. The summed E-state index contributed by atoms with van der Waals surface area (Å²) in [5.74, 6) is 0. The van der Waals surface area contributed by atoms with Gasteiger partial charge in [-0.2, -0.15) is 8.42 Å². The Balaban J connectivity index is 2.02. The van der Waals surface area contributed by atoms with Gasteiger partial charge in [-0.25, -0.2) is 9.78 Å². The standard InChI is InChI=1S/C22H32N2O5S2/c1-16-20(30-15-23-16)18-12-10-17(11-13-18)19(24-21(25)29-22(2,3)4)9-7-6-8-14-28-31(5,26)27/h10-13,15,19H,6-9,14H2,1-5H3,(H,24,25)/t19-/m0/s1. The summed E-state index contributed by atoms with van der Waals surface area (Å²) in [5, 5.41) is 2.97. The fraction of sp³-hybridized carbons (Fsp3) is 0.545. The zero-order chi connectivity index (χ0) is 23.1. The number of hydrogen-bond donors (Lipinski definition) is 1. The molecule has 1 N–H and O–H groups in total. The summed E-state index contributed by atoms with van der Waals surface area (Å²) in [6, 6.07) is 7.91. The Morgan fingerprint density at radius 2 is 1.84 bits per heavy atom. The first-order valence-electron chi connectivity index (χ1n) is 10.3. The minimum absolute atomic E-state index is 0.173. The van der Waals surface area contributed by atoms with Gasteiger partial charge in [0.2, 0.25) is 0 Å². The molecule has 7 nitrogen and oxygen atoms in total. The van der Waals surface area contributed by atoms with Crippen LogP contribution in [0, 0.1) is 6.92 Å². The smallest absolute Gasteiger partial charge is 0.408 e. The van der Waals surface area contributed by atoms with E-state index in [9.17, 15) is 13.2 Å². The van der Waals surface area contributed by atoms with Gasteiger partial charge < -0.3 is 10.1 Å². The van der Waals surface area contributed by atoms with Crippen LogP contribution >= 0.6 is 11.3 Å². The maximum absolute atomic E-state index is 12.4. The van der Waals surface area contributed by atoms with Crippen molar-refractivity contribution in [2.75, 3.05) is 12.9 Å². The van der Waals surface area contributed by atoms with Gasteiger partial charge in [0.1, 0.15) is 5.60 Å². The Labute approximate surface area is 189 Å². The molecule has 9 heteroatoms. The Kier molecular flexibility index (Phi) is 9.02. The van der Waals surface area contributed by atoms with E-state index in [4.69, 9.17) is 8.92 Å². The van der Waals surface area contributed by atoms with Crippen molar-refractivity contribution < 1.29 is 22.1 Å². The predicted octanol–water partition coefficient (Wildman–Crippen LogP) is 5.22. The van der Waals surface area contributed by atoms with Crippen LogP contribution in [-0.2, 0) is 19.0 Å². The number of amides is 1. The lowest BCUT2D eigenvalue weighted by Gasteiger charge is -2.24. The van der Waals surface area contributed by atoms with Crippen LogP contribution in [0.25, 0.3) is 10.4 Å². The number of ether oxygens (including phenoxy) is 1. The molecular weight excluding hydrogens is 436 g/mol. The molecule has 1 atom stereocenters. The van der Waals surface area contributed by atoms with Crippen LogP contribution < -0.4 is 5.32 Å². The lowest BCUT2D eigenvalue weighted by molar-refractivity contribution is 0.0500. The van der Waals surface area contributed by atoms with Crippen LogP contribution in [0.3, 0.4) is 0 Å². The fourth-order valence-electron chi connectivity index (χ4n) is 3.06. The summed E-state index contributed by atoms with van der Waals surface area (Å²) in [6.45, 7) is 7.65. The van der Waals surface area contributed by atoms with Crippen LogP contribution in [0.1, 0.15) is 63.8 Å². The van der Waals surface area contributed by atoms with E-state index in [2.05, 4.69) is 10.3 Å². The number of benzene rings is 1. The quantitative estimate of drug-likeness (QED) is 0.379. The third kappa shape index (κ3) is 9.37. The first-order valence-corrected chi connectivity index (χ1v) is 13.0. The number of carbonyl (C=O) groups is 1. The molecule has 0 saturated carbocycles. The summed E-state index contributed by atoms with van der Waals surface area (Å²) < 4.78 is 32.3. The second-order valence-corrected chi connectivity index (χ2v) is 11.0. The average molecular weight is 469 g/mol. The second kappa shape index (κ2) is 11.1.